The molecule has 1 heterocycles. The topological polar surface area (TPSA) is 43.8 Å². The third kappa shape index (κ3) is 6.47. The van der Waals surface area contributed by atoms with Crippen LogP contribution in [0.3, 0.4) is 0 Å². The van der Waals surface area contributed by atoms with Gasteiger partial charge in [-0.2, -0.15) is 0 Å². The van der Waals surface area contributed by atoms with Crippen LogP contribution in [0.4, 0.5) is 5.82 Å². The molecule has 1 aromatic rings. The first-order valence-corrected chi connectivity index (χ1v) is 8.85. The van der Waals surface area contributed by atoms with Gasteiger partial charge in [-0.3, -0.25) is 0 Å². The number of nitrogens with one attached hydrogen (secondary N) is 1. The van der Waals surface area contributed by atoms with E-state index in [1.165, 1.54) is 12.8 Å². The predicted octanol–water partition coefficient (Wildman–Crippen LogP) is 3.13. The highest BCUT2D eigenvalue weighted by molar-refractivity contribution is 5.79. The zero-order valence-corrected chi connectivity index (χ0v) is 15.5. The Morgan fingerprint density at radius 3 is 2.43 bits per heavy atom. The van der Waals surface area contributed by atoms with Gasteiger partial charge >= 0.3 is 0 Å². The molecule has 5 nitrogen and oxygen atoms in total. The van der Waals surface area contributed by atoms with E-state index in [4.69, 9.17) is 4.99 Å². The largest absolute Gasteiger partial charge is 0.357 e. The number of guanidine groups is 1. The summed E-state index contributed by atoms with van der Waals surface area (Å²) in [4.78, 5) is 13.7. The van der Waals surface area contributed by atoms with Gasteiger partial charge in [-0.05, 0) is 38.8 Å². The summed E-state index contributed by atoms with van der Waals surface area (Å²) in [6.07, 6.45) is 4.31. The molecule has 0 aliphatic carbocycles. The zero-order chi connectivity index (χ0) is 17.1. The van der Waals surface area contributed by atoms with Crippen LogP contribution >= 0.6 is 0 Å². The second-order valence-corrected chi connectivity index (χ2v) is 5.64. The van der Waals surface area contributed by atoms with Crippen LogP contribution in [-0.2, 0) is 6.54 Å². The number of rotatable bonds is 9. The molecule has 23 heavy (non-hydrogen) atoms. The third-order valence-electron chi connectivity index (χ3n) is 3.85. The number of pyridine rings is 1. The maximum Gasteiger partial charge on any atom is 0.193 e. The Morgan fingerprint density at radius 2 is 1.91 bits per heavy atom. The van der Waals surface area contributed by atoms with Crippen LogP contribution in [0, 0.1) is 0 Å². The molecule has 0 aromatic carbocycles. The van der Waals surface area contributed by atoms with Gasteiger partial charge in [0, 0.05) is 39.4 Å². The van der Waals surface area contributed by atoms with Crippen molar-refractivity contribution in [3.05, 3.63) is 23.9 Å². The lowest BCUT2D eigenvalue weighted by molar-refractivity contribution is 0.465. The van der Waals surface area contributed by atoms with Crippen LogP contribution in [0.1, 0.15) is 46.1 Å². The van der Waals surface area contributed by atoms with Gasteiger partial charge in [0.15, 0.2) is 5.96 Å². The van der Waals surface area contributed by atoms with Crippen molar-refractivity contribution in [1.29, 1.82) is 0 Å². The number of aliphatic imine (C=N–C) groups is 1. The van der Waals surface area contributed by atoms with Gasteiger partial charge in [-0.15, -0.1) is 0 Å². The maximum atomic E-state index is 4.73. The van der Waals surface area contributed by atoms with E-state index in [0.29, 0.717) is 6.54 Å². The lowest BCUT2D eigenvalue weighted by Gasteiger charge is -2.22. The molecule has 0 bridgehead atoms. The van der Waals surface area contributed by atoms with Gasteiger partial charge in [-0.25, -0.2) is 9.98 Å². The molecule has 0 unspecified atom stereocenters. The molecule has 0 amide bonds. The third-order valence-corrected chi connectivity index (χ3v) is 3.85. The molecule has 5 heteroatoms. The summed E-state index contributed by atoms with van der Waals surface area (Å²) in [5.41, 5.74) is 1.14. The van der Waals surface area contributed by atoms with E-state index in [1.54, 1.807) is 0 Å². The lowest BCUT2D eigenvalue weighted by atomic mass is 10.3. The fourth-order valence-corrected chi connectivity index (χ4v) is 2.38. The fourth-order valence-electron chi connectivity index (χ4n) is 2.38. The van der Waals surface area contributed by atoms with E-state index in [1.807, 2.05) is 6.20 Å². The van der Waals surface area contributed by atoms with Crippen LogP contribution < -0.4 is 10.2 Å². The average molecular weight is 319 g/mol. The van der Waals surface area contributed by atoms with Crippen LogP contribution in [0.2, 0.25) is 0 Å². The maximum absolute atomic E-state index is 4.73. The van der Waals surface area contributed by atoms with Crippen molar-refractivity contribution in [2.24, 2.45) is 4.99 Å². The van der Waals surface area contributed by atoms with Crippen LogP contribution in [0.5, 0.6) is 0 Å². The Balaban J connectivity index is 2.71. The number of hydrogen-bond donors (Lipinski definition) is 1. The van der Waals surface area contributed by atoms with E-state index in [9.17, 15) is 0 Å². The van der Waals surface area contributed by atoms with E-state index in [-0.39, 0.29) is 0 Å². The highest BCUT2D eigenvalue weighted by Crippen LogP contribution is 2.11. The number of unbranched alkanes of at least 4 members (excludes halogenated alkanes) is 1. The monoisotopic (exact) mass is 319 g/mol. The molecule has 0 radical (unpaired) electrons. The summed E-state index contributed by atoms with van der Waals surface area (Å²) in [6.45, 7) is 13.1. The van der Waals surface area contributed by atoms with Gasteiger partial charge in [0.25, 0.3) is 0 Å². The summed E-state index contributed by atoms with van der Waals surface area (Å²) in [5.74, 6) is 2.00. The molecular formula is C18H33N5. The van der Waals surface area contributed by atoms with Gasteiger partial charge < -0.3 is 15.1 Å². The van der Waals surface area contributed by atoms with Gasteiger partial charge in [0.05, 0.1) is 6.54 Å². The van der Waals surface area contributed by atoms with E-state index in [2.05, 4.69) is 67.0 Å². The summed E-state index contributed by atoms with van der Waals surface area (Å²) >= 11 is 0. The van der Waals surface area contributed by atoms with Gasteiger partial charge in [0.2, 0.25) is 0 Å². The summed E-state index contributed by atoms with van der Waals surface area (Å²) in [5, 5.41) is 3.36. The Labute approximate surface area is 141 Å². The highest BCUT2D eigenvalue weighted by atomic mass is 15.3. The second-order valence-electron chi connectivity index (χ2n) is 5.64. The van der Waals surface area contributed by atoms with Crippen molar-refractivity contribution in [2.75, 3.05) is 38.1 Å². The average Bonchev–Trinajstić information content (AvgIpc) is 2.58. The van der Waals surface area contributed by atoms with Crippen molar-refractivity contribution in [3.63, 3.8) is 0 Å². The molecule has 1 rings (SSSR count). The molecule has 0 fully saturated rings. The van der Waals surface area contributed by atoms with Crippen LogP contribution in [0.25, 0.3) is 0 Å². The van der Waals surface area contributed by atoms with Crippen molar-refractivity contribution in [3.8, 4) is 0 Å². The number of nitrogens with zero attached hydrogens (tertiary/aromatic N) is 4. The number of aromatic nitrogens is 1. The summed E-state index contributed by atoms with van der Waals surface area (Å²) in [6, 6.07) is 4.21. The number of anilines is 1. The Kier molecular flexibility index (Phi) is 9.10. The van der Waals surface area contributed by atoms with Crippen molar-refractivity contribution < 1.29 is 0 Å². The number of hydrogen-bond acceptors (Lipinski definition) is 3. The second kappa shape index (κ2) is 10.9. The predicted molar refractivity (Wildman–Crippen MR) is 100 cm³/mol. The van der Waals surface area contributed by atoms with E-state index < -0.39 is 0 Å². The SMILES string of the molecule is CCCCN(C)C(=NCc1ccc(N(CC)CC)nc1)NCC. The Bertz CT molecular complexity index is 451. The van der Waals surface area contributed by atoms with Crippen molar-refractivity contribution in [1.82, 2.24) is 15.2 Å². The normalized spacial score (nSPS) is 11.4. The Morgan fingerprint density at radius 1 is 1.17 bits per heavy atom. The quantitative estimate of drug-likeness (QED) is 0.561. The molecule has 130 valence electrons. The molecule has 1 aromatic heterocycles. The fraction of sp³-hybridized carbons (Fsp3) is 0.667. The van der Waals surface area contributed by atoms with Crippen LogP contribution in [-0.4, -0.2) is 49.1 Å². The van der Waals surface area contributed by atoms with E-state index in [0.717, 1.165) is 43.5 Å². The van der Waals surface area contributed by atoms with Crippen molar-refractivity contribution in [2.45, 2.75) is 47.1 Å². The van der Waals surface area contributed by atoms with E-state index >= 15 is 0 Å². The lowest BCUT2D eigenvalue weighted by Crippen LogP contribution is -2.39. The van der Waals surface area contributed by atoms with Crippen molar-refractivity contribution >= 4 is 11.8 Å². The molecular weight excluding hydrogens is 286 g/mol. The molecule has 0 aliphatic rings. The minimum absolute atomic E-state index is 0.657. The first-order chi connectivity index (χ1) is 11.2. The first-order valence-electron chi connectivity index (χ1n) is 8.85. The minimum Gasteiger partial charge on any atom is -0.357 e. The zero-order valence-electron chi connectivity index (χ0n) is 15.5. The van der Waals surface area contributed by atoms with Gasteiger partial charge in [-0.1, -0.05) is 19.4 Å². The molecule has 0 saturated heterocycles. The summed E-state index contributed by atoms with van der Waals surface area (Å²) < 4.78 is 0. The Hall–Kier alpha value is -1.78. The minimum atomic E-state index is 0.657. The molecule has 0 aliphatic heterocycles. The smallest absolute Gasteiger partial charge is 0.193 e. The molecule has 1 N–H and O–H groups in total. The van der Waals surface area contributed by atoms with Gasteiger partial charge in [0.1, 0.15) is 5.82 Å². The highest BCUT2D eigenvalue weighted by Gasteiger charge is 2.06. The summed E-state index contributed by atoms with van der Waals surface area (Å²) in [7, 11) is 2.10. The molecule has 0 spiro atoms. The first kappa shape index (κ1) is 19.3. The standard InChI is InChI=1S/C18H33N5/c1-6-10-13-22(5)18(19-7-2)21-15-16-11-12-17(20-14-16)23(8-3)9-4/h11-12,14H,6-10,13,15H2,1-5H3,(H,19,21). The molecule has 0 atom stereocenters. The molecule has 0 saturated carbocycles. The van der Waals surface area contributed by atoms with Crippen LogP contribution in [0.15, 0.2) is 23.3 Å².